The second kappa shape index (κ2) is 10.5. The zero-order chi connectivity index (χ0) is 20.7. The number of ether oxygens (including phenoxy) is 1. The van der Waals surface area contributed by atoms with Crippen LogP contribution in [-0.2, 0) is 11.2 Å². The van der Waals surface area contributed by atoms with E-state index in [9.17, 15) is 9.90 Å². The predicted molar refractivity (Wildman–Crippen MR) is 115 cm³/mol. The van der Waals surface area contributed by atoms with Gasteiger partial charge in [0.25, 0.3) is 0 Å². The van der Waals surface area contributed by atoms with Crippen molar-refractivity contribution >= 4 is 5.97 Å². The van der Waals surface area contributed by atoms with Crippen LogP contribution in [0.1, 0.15) is 76.3 Å². The average Bonchev–Trinajstić information content (AvgIpc) is 2.61. The molecule has 0 fully saturated rings. The van der Waals surface area contributed by atoms with Gasteiger partial charge in [-0.1, -0.05) is 43.6 Å². The Morgan fingerprint density at radius 3 is 2.75 bits per heavy atom. The van der Waals surface area contributed by atoms with Gasteiger partial charge < -0.3 is 15.6 Å². The van der Waals surface area contributed by atoms with E-state index in [0.29, 0.717) is 11.3 Å². The molecule has 1 aromatic rings. The third-order valence-corrected chi connectivity index (χ3v) is 5.53. The molecule has 4 heteroatoms. The topological polar surface area (TPSA) is 72.5 Å². The van der Waals surface area contributed by atoms with Crippen LogP contribution >= 0.6 is 0 Å². The molecule has 0 unspecified atom stereocenters. The second-order valence-electron chi connectivity index (χ2n) is 8.03. The number of hydrogen-bond acceptors (Lipinski definition) is 4. The molecule has 1 aliphatic rings. The molecule has 0 spiro atoms. The number of phenols is 1. The lowest BCUT2D eigenvalue weighted by Crippen LogP contribution is -2.20. The summed E-state index contributed by atoms with van der Waals surface area (Å²) >= 11 is 0. The summed E-state index contributed by atoms with van der Waals surface area (Å²) in [5, 5.41) is 10.9. The fourth-order valence-corrected chi connectivity index (χ4v) is 4.01. The maximum Gasteiger partial charge on any atom is 0.312 e. The highest BCUT2D eigenvalue weighted by Crippen LogP contribution is 2.47. The zero-order valence-electron chi connectivity index (χ0n) is 17.6. The lowest BCUT2D eigenvalue weighted by molar-refractivity contribution is -0.134. The molecule has 28 heavy (non-hydrogen) atoms. The maximum absolute atomic E-state index is 12.2. The molecule has 0 radical (unpaired) electrons. The van der Waals surface area contributed by atoms with Gasteiger partial charge in [-0.15, -0.1) is 0 Å². The minimum absolute atomic E-state index is 0.0448. The van der Waals surface area contributed by atoms with Crippen molar-refractivity contribution in [2.24, 2.45) is 11.7 Å². The van der Waals surface area contributed by atoms with Crippen molar-refractivity contribution in [2.75, 3.05) is 6.54 Å². The van der Waals surface area contributed by atoms with E-state index in [1.165, 1.54) is 5.57 Å². The Hall–Kier alpha value is -2.07. The van der Waals surface area contributed by atoms with Gasteiger partial charge >= 0.3 is 5.97 Å². The van der Waals surface area contributed by atoms with Crippen LogP contribution in [0.4, 0.5) is 0 Å². The van der Waals surface area contributed by atoms with Crippen molar-refractivity contribution in [3.05, 3.63) is 47.1 Å². The van der Waals surface area contributed by atoms with Crippen molar-refractivity contribution in [1.29, 1.82) is 0 Å². The summed E-state index contributed by atoms with van der Waals surface area (Å²) in [6, 6.07) is 3.75. The van der Waals surface area contributed by atoms with Crippen LogP contribution in [-0.4, -0.2) is 17.6 Å². The summed E-state index contributed by atoms with van der Waals surface area (Å²) in [7, 11) is 0. The lowest BCUT2D eigenvalue weighted by atomic mass is 9.73. The van der Waals surface area contributed by atoms with Crippen LogP contribution in [0, 0.1) is 5.92 Å². The molecule has 2 rings (SSSR count). The molecule has 0 saturated heterocycles. The quantitative estimate of drug-likeness (QED) is 0.258. The summed E-state index contributed by atoms with van der Waals surface area (Å²) in [4.78, 5) is 12.2. The van der Waals surface area contributed by atoms with Gasteiger partial charge in [0.15, 0.2) is 0 Å². The molecule has 0 heterocycles. The summed E-state index contributed by atoms with van der Waals surface area (Å²) in [6.45, 7) is 10.7. The average molecular weight is 386 g/mol. The van der Waals surface area contributed by atoms with Crippen LogP contribution in [0.2, 0.25) is 0 Å². The highest BCUT2D eigenvalue weighted by molar-refractivity contribution is 5.73. The molecule has 0 bridgehead atoms. The lowest BCUT2D eigenvalue weighted by Gasteiger charge is -2.32. The number of rotatable bonds is 9. The first-order valence-corrected chi connectivity index (χ1v) is 10.5. The van der Waals surface area contributed by atoms with Crippen LogP contribution in [0.5, 0.6) is 11.5 Å². The van der Waals surface area contributed by atoms with E-state index in [0.717, 1.165) is 49.7 Å². The van der Waals surface area contributed by atoms with Gasteiger partial charge in [-0.05, 0) is 63.1 Å². The Kier molecular flexibility index (Phi) is 8.31. The fraction of sp³-hybridized carbons (Fsp3) is 0.542. The van der Waals surface area contributed by atoms with Gasteiger partial charge in [-0.2, -0.15) is 0 Å². The van der Waals surface area contributed by atoms with Crippen LogP contribution < -0.4 is 10.5 Å². The number of carbonyl (C=O) groups is 1. The Balaban J connectivity index is 2.48. The van der Waals surface area contributed by atoms with Crippen molar-refractivity contribution in [3.8, 4) is 11.5 Å². The molecule has 0 saturated carbocycles. The Morgan fingerprint density at radius 2 is 2.11 bits per heavy atom. The summed E-state index contributed by atoms with van der Waals surface area (Å²) in [6.07, 6.45) is 8.51. The van der Waals surface area contributed by atoms with Crippen molar-refractivity contribution in [3.63, 3.8) is 0 Å². The van der Waals surface area contributed by atoms with Gasteiger partial charge in [0.1, 0.15) is 11.5 Å². The van der Waals surface area contributed by atoms with Crippen molar-refractivity contribution in [2.45, 2.75) is 71.6 Å². The van der Waals surface area contributed by atoms with Crippen molar-refractivity contribution in [1.82, 2.24) is 0 Å². The van der Waals surface area contributed by atoms with E-state index in [4.69, 9.17) is 10.5 Å². The molecule has 2 atom stereocenters. The SMILES string of the molecule is C=C(C)[C@@H]1CCC(C)=C[C@H]1c1c(O)cc(CCCCC)cc1OC(=O)CCN. The van der Waals surface area contributed by atoms with Gasteiger partial charge in [0.2, 0.25) is 0 Å². The summed E-state index contributed by atoms with van der Waals surface area (Å²) in [5.41, 5.74) is 9.57. The molecule has 154 valence electrons. The maximum atomic E-state index is 12.2. The molecular weight excluding hydrogens is 350 g/mol. The largest absolute Gasteiger partial charge is 0.507 e. The molecule has 4 nitrogen and oxygen atoms in total. The van der Waals surface area contributed by atoms with Crippen LogP contribution in [0.3, 0.4) is 0 Å². The van der Waals surface area contributed by atoms with E-state index in [-0.39, 0.29) is 36.5 Å². The number of phenolic OH excluding ortho intramolecular Hbond substituents is 1. The highest BCUT2D eigenvalue weighted by Gasteiger charge is 2.31. The van der Waals surface area contributed by atoms with E-state index in [2.05, 4.69) is 26.5 Å². The first-order chi connectivity index (χ1) is 13.4. The smallest absolute Gasteiger partial charge is 0.312 e. The third kappa shape index (κ3) is 5.71. The number of unbranched alkanes of at least 4 members (excludes halogenated alkanes) is 2. The zero-order valence-corrected chi connectivity index (χ0v) is 17.6. The number of carbonyl (C=O) groups excluding carboxylic acids is 1. The van der Waals surface area contributed by atoms with E-state index in [1.807, 2.05) is 19.1 Å². The Morgan fingerprint density at radius 1 is 1.36 bits per heavy atom. The monoisotopic (exact) mass is 385 g/mol. The van der Waals surface area contributed by atoms with Crippen molar-refractivity contribution < 1.29 is 14.6 Å². The minimum Gasteiger partial charge on any atom is -0.507 e. The third-order valence-electron chi connectivity index (χ3n) is 5.53. The van der Waals surface area contributed by atoms with Gasteiger partial charge in [0.05, 0.1) is 6.42 Å². The van der Waals surface area contributed by atoms with Crippen LogP contribution in [0.15, 0.2) is 35.9 Å². The minimum atomic E-state index is -0.364. The number of esters is 1. The first-order valence-electron chi connectivity index (χ1n) is 10.5. The number of benzene rings is 1. The number of aromatic hydroxyl groups is 1. The van der Waals surface area contributed by atoms with Gasteiger partial charge in [-0.3, -0.25) is 4.79 Å². The molecular formula is C24H35NO3. The standard InChI is InChI=1S/C24H35NO3/c1-5-6-7-8-18-14-21(26)24(22(15-18)28-23(27)11-12-25)20-13-17(4)9-10-19(20)16(2)3/h13-15,19-20,26H,2,5-12,25H2,1,3-4H3/t19-,20+/m0/s1. The van der Waals surface area contributed by atoms with Gasteiger partial charge in [0, 0.05) is 18.0 Å². The first kappa shape index (κ1) is 22.2. The molecule has 0 aromatic heterocycles. The number of allylic oxidation sites excluding steroid dienone is 3. The highest BCUT2D eigenvalue weighted by atomic mass is 16.5. The van der Waals surface area contributed by atoms with E-state index >= 15 is 0 Å². The van der Waals surface area contributed by atoms with E-state index < -0.39 is 0 Å². The Bertz CT molecular complexity index is 736. The Labute approximate surface area is 169 Å². The number of nitrogens with two attached hydrogens (primary N) is 1. The van der Waals surface area contributed by atoms with Gasteiger partial charge in [-0.25, -0.2) is 0 Å². The van der Waals surface area contributed by atoms with E-state index in [1.54, 1.807) is 0 Å². The summed E-state index contributed by atoms with van der Waals surface area (Å²) in [5.74, 6) is 0.472. The molecule has 0 aliphatic heterocycles. The molecule has 3 N–H and O–H groups in total. The van der Waals surface area contributed by atoms with Crippen LogP contribution in [0.25, 0.3) is 0 Å². The molecule has 1 aromatic carbocycles. The second-order valence-corrected chi connectivity index (χ2v) is 8.03. The molecule has 0 amide bonds. The fourth-order valence-electron chi connectivity index (χ4n) is 4.01. The summed E-state index contributed by atoms with van der Waals surface area (Å²) < 4.78 is 5.69. The molecule has 1 aliphatic carbocycles. The predicted octanol–water partition coefficient (Wildman–Crippen LogP) is 5.40. The number of aryl methyl sites for hydroxylation is 1. The normalized spacial score (nSPS) is 19.2. The number of hydrogen-bond donors (Lipinski definition) is 2.